The number of alkyl halides is 1. The molecule has 0 saturated carbocycles. The molecule has 0 bridgehead atoms. The number of halogens is 1. The standard InChI is InChI=1S/C47H74INO3/c1-10-13-15-17-19-23-33-49(34-24-20-18-16-14-11-2)35-25-27-40(12-3)26-21-22-28-45(51-8)44(39(4)50-7)36-41-29-30-42(37-46(41)52-9)47(5,6)43-31-32-48-38-43/h12,25,27-32,42H,10-11,13-20,22-24,33-38H2,1-9H3/b27-25-,40-12-,44-39+,45-28+. The molecule has 0 aromatic heterocycles. The largest absolute Gasteiger partial charge is 0.501 e. The van der Waals surface area contributed by atoms with Gasteiger partial charge in [-0.15, -0.1) is 20.7 Å². The first-order chi connectivity index (χ1) is 25.2. The summed E-state index contributed by atoms with van der Waals surface area (Å²) in [5.74, 6) is 9.90. The van der Waals surface area contributed by atoms with Gasteiger partial charge in [-0.05, 0) is 72.8 Å². The van der Waals surface area contributed by atoms with Crippen LogP contribution in [0.4, 0.5) is 0 Å². The summed E-state index contributed by atoms with van der Waals surface area (Å²) in [5, 5.41) is 0. The zero-order valence-corrected chi connectivity index (χ0v) is 36.8. The lowest BCUT2D eigenvalue weighted by Crippen LogP contribution is -2.28. The van der Waals surface area contributed by atoms with Crippen molar-refractivity contribution in [1.82, 2.24) is 4.90 Å². The van der Waals surface area contributed by atoms with E-state index in [0.717, 1.165) is 41.4 Å². The first-order valence-electron chi connectivity index (χ1n) is 20.3. The van der Waals surface area contributed by atoms with Crippen molar-refractivity contribution in [2.45, 2.75) is 138 Å². The Labute approximate surface area is 330 Å². The molecule has 4 nitrogen and oxygen atoms in total. The highest BCUT2D eigenvalue weighted by molar-refractivity contribution is 14.2. The zero-order chi connectivity index (χ0) is 38.0. The van der Waals surface area contributed by atoms with Crippen LogP contribution in [0.2, 0.25) is 0 Å². The minimum Gasteiger partial charge on any atom is -0.501 e. The molecule has 1 heterocycles. The van der Waals surface area contributed by atoms with Crippen LogP contribution in [0.15, 0.2) is 82.1 Å². The fourth-order valence-electron chi connectivity index (χ4n) is 6.90. The fraction of sp³-hybridized carbons (Fsp3) is 0.638. The van der Waals surface area contributed by atoms with Crippen molar-refractivity contribution in [1.29, 1.82) is 0 Å². The van der Waals surface area contributed by atoms with Gasteiger partial charge < -0.3 is 14.2 Å². The van der Waals surface area contributed by atoms with Gasteiger partial charge in [0.2, 0.25) is 0 Å². The second-order valence-corrected chi connectivity index (χ2v) is 17.2. The fourth-order valence-corrected chi connectivity index (χ4v) is 9.55. The molecule has 0 spiro atoms. The summed E-state index contributed by atoms with van der Waals surface area (Å²) in [6.45, 7) is 16.8. The van der Waals surface area contributed by atoms with Crippen LogP contribution in [-0.4, -0.2) is 54.3 Å². The molecular weight excluding hydrogens is 753 g/mol. The van der Waals surface area contributed by atoms with Crippen molar-refractivity contribution in [3.63, 3.8) is 0 Å². The van der Waals surface area contributed by atoms with E-state index in [0.29, 0.717) is 18.8 Å². The van der Waals surface area contributed by atoms with E-state index in [9.17, 15) is 0 Å². The molecule has 1 atom stereocenters. The molecule has 0 aromatic carbocycles. The van der Waals surface area contributed by atoms with Gasteiger partial charge in [0.1, 0.15) is 5.76 Å². The van der Waals surface area contributed by atoms with E-state index >= 15 is 0 Å². The van der Waals surface area contributed by atoms with Crippen molar-refractivity contribution in [2.24, 2.45) is 11.3 Å². The van der Waals surface area contributed by atoms with E-state index in [-0.39, 0.29) is 26.1 Å². The highest BCUT2D eigenvalue weighted by Gasteiger charge is 2.35. The van der Waals surface area contributed by atoms with Crippen LogP contribution < -0.4 is 0 Å². The minimum atomic E-state index is 0.122. The third kappa shape index (κ3) is 16.8. The zero-order valence-electron chi connectivity index (χ0n) is 34.7. The second kappa shape index (κ2) is 27.3. The Kier molecular flexibility index (Phi) is 24.1. The van der Waals surface area contributed by atoms with E-state index in [2.05, 4.69) is 97.9 Å². The maximum absolute atomic E-state index is 6.02. The van der Waals surface area contributed by atoms with E-state index in [4.69, 9.17) is 14.2 Å². The van der Waals surface area contributed by atoms with Gasteiger partial charge in [0.15, 0.2) is 0 Å². The first-order valence-corrected chi connectivity index (χ1v) is 23.1. The van der Waals surface area contributed by atoms with E-state index < -0.39 is 0 Å². The molecule has 52 heavy (non-hydrogen) atoms. The molecule has 5 heteroatoms. The van der Waals surface area contributed by atoms with Gasteiger partial charge in [0.25, 0.3) is 0 Å². The van der Waals surface area contributed by atoms with Gasteiger partial charge in [-0.3, -0.25) is 4.90 Å². The van der Waals surface area contributed by atoms with Crippen molar-refractivity contribution >= 4 is 24.7 Å². The van der Waals surface area contributed by atoms with Crippen LogP contribution in [0, 0.1) is 23.2 Å². The summed E-state index contributed by atoms with van der Waals surface area (Å²) in [6.07, 6.45) is 34.1. The molecule has 2 aliphatic rings. The molecule has 0 N–H and O–H groups in total. The van der Waals surface area contributed by atoms with Crippen LogP contribution in [-0.2, 0) is 14.2 Å². The Morgan fingerprint density at radius 3 is 2.15 bits per heavy atom. The van der Waals surface area contributed by atoms with Gasteiger partial charge in [-0.25, -0.2) is 0 Å². The Balaban J connectivity index is 2.06. The first kappa shape index (κ1) is 45.9. The molecule has 0 radical (unpaired) electrons. The van der Waals surface area contributed by atoms with Crippen LogP contribution in [0.3, 0.4) is 0 Å². The predicted molar refractivity (Wildman–Crippen MR) is 236 cm³/mol. The summed E-state index contributed by atoms with van der Waals surface area (Å²) in [7, 11) is 5.27. The quantitative estimate of drug-likeness (QED) is 0.0217. The van der Waals surface area contributed by atoms with Gasteiger partial charge in [-0.1, -0.05) is 140 Å². The molecule has 292 valence electrons. The number of hydrogen-bond acceptors (Lipinski definition) is 4. The number of methoxy groups -OCH3 is 3. The monoisotopic (exact) mass is 827 g/mol. The third-order valence-electron chi connectivity index (χ3n) is 10.7. The number of rotatable bonds is 26. The Morgan fingerprint density at radius 2 is 1.60 bits per heavy atom. The second-order valence-electron chi connectivity index (χ2n) is 14.8. The number of unbranched alkanes of at least 4 members (excludes halogenated alkanes) is 10. The molecule has 0 aromatic rings. The van der Waals surface area contributed by atoms with Gasteiger partial charge >= 0.3 is 0 Å². The number of nitrogens with zero attached hydrogens (tertiary/aromatic N) is 1. The molecular formula is C47H74INO3. The van der Waals surface area contributed by atoms with Crippen LogP contribution in [0.25, 0.3) is 0 Å². The van der Waals surface area contributed by atoms with E-state index in [1.54, 1.807) is 26.9 Å². The number of hydrogen-bond donors (Lipinski definition) is 0. The van der Waals surface area contributed by atoms with Crippen molar-refractivity contribution in [2.75, 3.05) is 45.4 Å². The van der Waals surface area contributed by atoms with Crippen molar-refractivity contribution < 1.29 is 14.2 Å². The summed E-state index contributed by atoms with van der Waals surface area (Å²) >= 11 is 0.189. The summed E-state index contributed by atoms with van der Waals surface area (Å²) in [4.78, 5) is 2.65. The highest BCUT2D eigenvalue weighted by atomic mass is 127. The minimum absolute atomic E-state index is 0.122. The van der Waals surface area contributed by atoms with Crippen LogP contribution in [0.5, 0.6) is 0 Å². The third-order valence-corrected chi connectivity index (χ3v) is 12.9. The lowest BCUT2D eigenvalue weighted by Gasteiger charge is -2.36. The van der Waals surface area contributed by atoms with E-state index in [1.165, 1.54) is 100 Å². The molecule has 1 aliphatic carbocycles. The van der Waals surface area contributed by atoms with Crippen molar-refractivity contribution in [3.8, 4) is 11.8 Å². The molecule has 2 rings (SSSR count). The molecule has 1 aliphatic heterocycles. The molecule has 0 fully saturated rings. The lowest BCUT2D eigenvalue weighted by molar-refractivity contribution is 0.223. The van der Waals surface area contributed by atoms with Gasteiger partial charge in [0.05, 0.1) is 32.8 Å². The number of ether oxygens (including phenoxy) is 3. The lowest BCUT2D eigenvalue weighted by atomic mass is 9.69. The molecule has 0 amide bonds. The Hall–Kier alpha value is -2.30. The summed E-state index contributed by atoms with van der Waals surface area (Å²) in [5.41, 5.74) is 4.97. The smallest absolute Gasteiger partial charge is 0.122 e. The summed E-state index contributed by atoms with van der Waals surface area (Å²) < 4.78 is 21.4. The molecule has 1 unspecified atom stereocenters. The maximum atomic E-state index is 6.02. The average molecular weight is 828 g/mol. The maximum Gasteiger partial charge on any atom is 0.122 e. The average Bonchev–Trinajstić information content (AvgIpc) is 3.72. The van der Waals surface area contributed by atoms with Crippen molar-refractivity contribution in [3.05, 3.63) is 82.1 Å². The normalized spacial score (nSPS) is 17.3. The SMILES string of the molecule is C/C=C(C#CC/C=C(OC)\C(CC1=C(OC)CC(C(C)(C)C2=CC=IC2)C=C1)=C(/C)OC)\C=C/CN(CCCCCCCC)CCCCCCCC. The number of allylic oxidation sites excluding steroid dienone is 12. The summed E-state index contributed by atoms with van der Waals surface area (Å²) in [6, 6.07) is 0. The predicted octanol–water partition coefficient (Wildman–Crippen LogP) is 13.0. The molecule has 0 saturated heterocycles. The van der Waals surface area contributed by atoms with Crippen LogP contribution >= 0.6 is 20.7 Å². The van der Waals surface area contributed by atoms with Crippen LogP contribution in [0.1, 0.15) is 138 Å². The Morgan fingerprint density at radius 1 is 0.942 bits per heavy atom. The topological polar surface area (TPSA) is 30.9 Å². The highest BCUT2D eigenvalue weighted by Crippen LogP contribution is 2.45. The van der Waals surface area contributed by atoms with Gasteiger partial charge in [-0.2, -0.15) is 0 Å². The van der Waals surface area contributed by atoms with Gasteiger partial charge in [0, 0.05) is 41.4 Å². The van der Waals surface area contributed by atoms with E-state index in [1.807, 2.05) is 6.92 Å². The Bertz CT molecular complexity index is 1340.